The lowest BCUT2D eigenvalue weighted by Gasteiger charge is -2.12. The van der Waals surface area contributed by atoms with E-state index >= 15 is 0 Å². The number of likely N-dealkylation sites (N-methyl/N-ethyl adjacent to an activating group) is 1. The molecule has 0 saturated carbocycles. The molecule has 0 N–H and O–H groups in total. The third kappa shape index (κ3) is 3.10. The van der Waals surface area contributed by atoms with E-state index in [1.807, 2.05) is 32.9 Å². The van der Waals surface area contributed by atoms with Crippen LogP contribution in [0.4, 0.5) is 0 Å². The van der Waals surface area contributed by atoms with E-state index in [2.05, 4.69) is 0 Å². The molecule has 1 heterocycles. The maximum atomic E-state index is 11.9. The van der Waals surface area contributed by atoms with Gasteiger partial charge in [-0.05, 0) is 38.0 Å². The summed E-state index contributed by atoms with van der Waals surface area (Å²) in [5.41, 5.74) is 3.66. The van der Waals surface area contributed by atoms with Gasteiger partial charge in [-0.1, -0.05) is 0 Å². The first-order chi connectivity index (χ1) is 9.93. The highest BCUT2D eigenvalue weighted by Crippen LogP contribution is 2.33. The SMILES string of the molecule is CCOc1cc2occ(C)c2cc1/C(C)=C/C(=O)N(C)C. The van der Waals surface area contributed by atoms with Crippen molar-refractivity contribution in [2.45, 2.75) is 20.8 Å². The Labute approximate surface area is 125 Å². The molecule has 0 radical (unpaired) electrons. The van der Waals surface area contributed by atoms with Crippen LogP contribution in [0.25, 0.3) is 16.5 Å². The lowest BCUT2D eigenvalue weighted by molar-refractivity contribution is -0.123. The molecular weight excluding hydrogens is 266 g/mol. The molecule has 0 fully saturated rings. The Bertz CT molecular complexity index is 695. The standard InChI is InChI=1S/C17H21NO3/c1-6-20-15-9-16-14(12(3)10-21-16)8-13(15)11(2)7-17(19)18(4)5/h7-10H,6H2,1-5H3/b11-7+. The molecule has 0 unspecified atom stereocenters. The molecule has 2 rings (SSSR count). The number of carbonyl (C=O) groups excluding carboxylic acids is 1. The van der Waals surface area contributed by atoms with Crippen LogP contribution in [0.15, 0.2) is 28.9 Å². The summed E-state index contributed by atoms with van der Waals surface area (Å²) in [5.74, 6) is 0.693. The Morgan fingerprint density at radius 3 is 2.71 bits per heavy atom. The number of furan rings is 1. The summed E-state index contributed by atoms with van der Waals surface area (Å²) in [5, 5.41) is 1.04. The summed E-state index contributed by atoms with van der Waals surface area (Å²) in [6, 6.07) is 3.91. The minimum atomic E-state index is -0.0426. The average molecular weight is 287 g/mol. The van der Waals surface area contributed by atoms with E-state index in [-0.39, 0.29) is 5.91 Å². The lowest BCUT2D eigenvalue weighted by atomic mass is 10.0. The Kier molecular flexibility index (Phi) is 4.36. The topological polar surface area (TPSA) is 42.7 Å². The Morgan fingerprint density at radius 1 is 1.38 bits per heavy atom. The summed E-state index contributed by atoms with van der Waals surface area (Å²) >= 11 is 0. The summed E-state index contributed by atoms with van der Waals surface area (Å²) < 4.78 is 11.2. The van der Waals surface area contributed by atoms with Gasteiger partial charge in [0.1, 0.15) is 11.3 Å². The number of aryl methyl sites for hydroxylation is 1. The fourth-order valence-electron chi connectivity index (χ4n) is 2.16. The van der Waals surface area contributed by atoms with Crippen molar-refractivity contribution in [2.24, 2.45) is 0 Å². The zero-order valence-corrected chi connectivity index (χ0v) is 13.2. The molecule has 0 aliphatic rings. The largest absolute Gasteiger partial charge is 0.493 e. The predicted molar refractivity (Wildman–Crippen MR) is 84.5 cm³/mol. The summed E-state index contributed by atoms with van der Waals surface area (Å²) in [7, 11) is 3.47. The van der Waals surface area contributed by atoms with E-state index in [1.165, 1.54) is 0 Å². The molecule has 4 nitrogen and oxygen atoms in total. The number of hydrogen-bond acceptors (Lipinski definition) is 3. The molecule has 0 saturated heterocycles. The third-order valence-electron chi connectivity index (χ3n) is 3.37. The second kappa shape index (κ2) is 6.04. The van der Waals surface area contributed by atoms with E-state index in [9.17, 15) is 4.79 Å². The number of fused-ring (bicyclic) bond motifs is 1. The highest BCUT2D eigenvalue weighted by atomic mass is 16.5. The molecule has 0 spiro atoms. The fraction of sp³-hybridized carbons (Fsp3) is 0.353. The van der Waals surface area contributed by atoms with E-state index in [0.29, 0.717) is 6.61 Å². The van der Waals surface area contributed by atoms with E-state index in [1.54, 1.807) is 31.3 Å². The van der Waals surface area contributed by atoms with Gasteiger partial charge in [-0.15, -0.1) is 0 Å². The molecule has 112 valence electrons. The van der Waals surface area contributed by atoms with Crippen LogP contribution < -0.4 is 4.74 Å². The number of benzene rings is 1. The van der Waals surface area contributed by atoms with Gasteiger partial charge in [0.25, 0.3) is 0 Å². The molecular formula is C17H21NO3. The molecule has 0 aliphatic heterocycles. The van der Waals surface area contributed by atoms with Crippen LogP contribution in [0.3, 0.4) is 0 Å². The van der Waals surface area contributed by atoms with Gasteiger partial charge in [0.05, 0.1) is 12.9 Å². The molecule has 1 aromatic carbocycles. The number of amides is 1. The van der Waals surface area contributed by atoms with Crippen LogP contribution >= 0.6 is 0 Å². The molecule has 2 aromatic rings. The quantitative estimate of drug-likeness (QED) is 0.806. The Hall–Kier alpha value is -2.23. The third-order valence-corrected chi connectivity index (χ3v) is 3.37. The number of carbonyl (C=O) groups is 1. The number of nitrogens with zero attached hydrogens (tertiary/aromatic N) is 1. The van der Waals surface area contributed by atoms with Gasteiger partial charge in [-0.2, -0.15) is 0 Å². The van der Waals surface area contributed by atoms with Gasteiger partial charge < -0.3 is 14.1 Å². The lowest BCUT2D eigenvalue weighted by Crippen LogP contribution is -2.19. The van der Waals surface area contributed by atoms with Crippen molar-refractivity contribution in [1.29, 1.82) is 0 Å². The summed E-state index contributed by atoms with van der Waals surface area (Å²) in [4.78, 5) is 13.4. The number of rotatable bonds is 4. The smallest absolute Gasteiger partial charge is 0.246 e. The van der Waals surface area contributed by atoms with Crippen molar-refractivity contribution in [3.05, 3.63) is 35.6 Å². The van der Waals surface area contributed by atoms with Crippen molar-refractivity contribution in [3.63, 3.8) is 0 Å². The van der Waals surface area contributed by atoms with Crippen LogP contribution in [-0.4, -0.2) is 31.5 Å². The van der Waals surface area contributed by atoms with Gasteiger partial charge >= 0.3 is 0 Å². The maximum absolute atomic E-state index is 11.9. The van der Waals surface area contributed by atoms with Crippen molar-refractivity contribution in [1.82, 2.24) is 4.90 Å². The van der Waals surface area contributed by atoms with E-state index in [4.69, 9.17) is 9.15 Å². The summed E-state index contributed by atoms with van der Waals surface area (Å²) in [6.07, 6.45) is 3.35. The minimum absolute atomic E-state index is 0.0426. The number of ether oxygens (including phenoxy) is 1. The monoisotopic (exact) mass is 287 g/mol. The summed E-state index contributed by atoms with van der Waals surface area (Å²) in [6.45, 7) is 6.42. The zero-order chi connectivity index (χ0) is 15.6. The Balaban J connectivity index is 2.56. The van der Waals surface area contributed by atoms with Crippen LogP contribution in [0.5, 0.6) is 5.75 Å². The van der Waals surface area contributed by atoms with E-state index in [0.717, 1.165) is 33.4 Å². The first-order valence-corrected chi connectivity index (χ1v) is 6.98. The molecule has 4 heteroatoms. The fourth-order valence-corrected chi connectivity index (χ4v) is 2.16. The molecule has 1 aromatic heterocycles. The van der Waals surface area contributed by atoms with Crippen LogP contribution in [0.2, 0.25) is 0 Å². The van der Waals surface area contributed by atoms with Gasteiger partial charge in [-0.3, -0.25) is 4.79 Å². The van der Waals surface area contributed by atoms with E-state index < -0.39 is 0 Å². The normalized spacial score (nSPS) is 11.8. The highest BCUT2D eigenvalue weighted by Gasteiger charge is 2.13. The Morgan fingerprint density at radius 2 is 2.10 bits per heavy atom. The van der Waals surface area contributed by atoms with Gasteiger partial charge in [-0.25, -0.2) is 0 Å². The van der Waals surface area contributed by atoms with Crippen molar-refractivity contribution in [2.75, 3.05) is 20.7 Å². The van der Waals surface area contributed by atoms with Crippen LogP contribution in [-0.2, 0) is 4.79 Å². The molecule has 0 atom stereocenters. The highest BCUT2D eigenvalue weighted by molar-refractivity contribution is 5.97. The van der Waals surface area contributed by atoms with Crippen LogP contribution in [0.1, 0.15) is 25.0 Å². The average Bonchev–Trinajstić information content (AvgIpc) is 2.79. The van der Waals surface area contributed by atoms with Crippen molar-refractivity contribution >= 4 is 22.4 Å². The van der Waals surface area contributed by atoms with Gasteiger partial charge in [0.15, 0.2) is 0 Å². The van der Waals surface area contributed by atoms with Crippen molar-refractivity contribution in [3.8, 4) is 5.75 Å². The second-order valence-electron chi connectivity index (χ2n) is 5.26. The molecule has 0 aliphatic carbocycles. The first-order valence-electron chi connectivity index (χ1n) is 6.98. The van der Waals surface area contributed by atoms with Gasteiger partial charge in [0, 0.05) is 37.2 Å². The molecule has 21 heavy (non-hydrogen) atoms. The molecule has 0 bridgehead atoms. The second-order valence-corrected chi connectivity index (χ2v) is 5.26. The maximum Gasteiger partial charge on any atom is 0.246 e. The van der Waals surface area contributed by atoms with Crippen LogP contribution in [0, 0.1) is 6.92 Å². The molecule has 1 amide bonds. The zero-order valence-electron chi connectivity index (χ0n) is 13.2. The van der Waals surface area contributed by atoms with Gasteiger partial charge in [0.2, 0.25) is 5.91 Å². The number of allylic oxidation sites excluding steroid dienone is 1. The number of hydrogen-bond donors (Lipinski definition) is 0. The van der Waals surface area contributed by atoms with Crippen molar-refractivity contribution < 1.29 is 13.9 Å². The predicted octanol–water partition coefficient (Wildman–Crippen LogP) is 3.63. The minimum Gasteiger partial charge on any atom is -0.493 e. The first kappa shape index (κ1) is 15.2.